The van der Waals surface area contributed by atoms with Gasteiger partial charge in [0.05, 0.1) is 39.7 Å². The molecule has 0 fully saturated rings. The minimum atomic E-state index is -4.50. The van der Waals surface area contributed by atoms with Gasteiger partial charge in [0.2, 0.25) is 0 Å². The van der Waals surface area contributed by atoms with E-state index in [4.69, 9.17) is 27.9 Å². The molecule has 0 bridgehead atoms. The first-order valence-electron chi connectivity index (χ1n) is 7.81. The minimum absolute atomic E-state index is 0.134. The van der Waals surface area contributed by atoms with Gasteiger partial charge in [-0.2, -0.15) is 13.2 Å². The fourth-order valence-corrected chi connectivity index (χ4v) is 3.15. The van der Waals surface area contributed by atoms with E-state index < -0.39 is 17.5 Å². The van der Waals surface area contributed by atoms with Gasteiger partial charge >= 0.3 is 6.18 Å². The number of methoxy groups -OCH3 is 1. The molecule has 3 rings (SSSR count). The van der Waals surface area contributed by atoms with Crippen LogP contribution in [0.1, 0.15) is 11.4 Å². The lowest BCUT2D eigenvalue weighted by Crippen LogP contribution is -2.17. The Balaban J connectivity index is 2.18. The molecule has 1 aromatic heterocycles. The first-order valence-corrected chi connectivity index (χ1v) is 8.57. The molecule has 0 aliphatic carbocycles. The van der Waals surface area contributed by atoms with Crippen molar-refractivity contribution in [2.45, 2.75) is 19.1 Å². The highest BCUT2D eigenvalue weighted by molar-refractivity contribution is 6.42. The smallest absolute Gasteiger partial charge is 0.396 e. The van der Waals surface area contributed by atoms with Crippen molar-refractivity contribution in [1.82, 2.24) is 9.55 Å². The number of benzene rings is 2. The number of alkyl halides is 3. The second kappa shape index (κ2) is 7.48. The Bertz CT molecular complexity index is 1070. The van der Waals surface area contributed by atoms with E-state index in [2.05, 4.69) is 4.98 Å². The van der Waals surface area contributed by atoms with Crippen molar-refractivity contribution < 1.29 is 22.8 Å². The fraction of sp³-hybridized carbons (Fsp3) is 0.235. The van der Waals surface area contributed by atoms with Crippen LogP contribution in [0.15, 0.2) is 30.3 Å². The SMILES string of the molecule is COc1ccc([N+](=O)[O-])cc1Cn1c(CC(F)(F)F)nc2cc(Cl)c(Cl)cc21. The summed E-state index contributed by atoms with van der Waals surface area (Å²) < 4.78 is 45.6. The van der Waals surface area contributed by atoms with Crippen LogP contribution in [0.3, 0.4) is 0 Å². The van der Waals surface area contributed by atoms with E-state index in [9.17, 15) is 23.3 Å². The van der Waals surface area contributed by atoms with Gasteiger partial charge in [-0.05, 0) is 18.2 Å². The molecule has 0 saturated carbocycles. The second-order valence-electron chi connectivity index (χ2n) is 5.91. The Morgan fingerprint density at radius 2 is 1.89 bits per heavy atom. The molecule has 0 aliphatic heterocycles. The van der Waals surface area contributed by atoms with Crippen molar-refractivity contribution in [1.29, 1.82) is 0 Å². The van der Waals surface area contributed by atoms with Crippen LogP contribution < -0.4 is 4.74 Å². The summed E-state index contributed by atoms with van der Waals surface area (Å²) >= 11 is 12.0. The van der Waals surface area contributed by atoms with Gasteiger partial charge in [0, 0.05) is 17.7 Å². The zero-order valence-electron chi connectivity index (χ0n) is 14.3. The standard InChI is InChI=1S/C17H12Cl2F3N3O3/c1-28-15-3-2-10(25(26)27)4-9(15)8-24-14-6-12(19)11(18)5-13(14)23-16(24)7-17(20,21)22/h2-6H,7-8H2,1H3. The van der Waals surface area contributed by atoms with E-state index in [1.54, 1.807) is 0 Å². The highest BCUT2D eigenvalue weighted by Gasteiger charge is 2.31. The Kier molecular flexibility index (Phi) is 5.40. The monoisotopic (exact) mass is 433 g/mol. The molecule has 0 unspecified atom stereocenters. The number of imidazole rings is 1. The Morgan fingerprint density at radius 3 is 2.50 bits per heavy atom. The number of nitro groups is 1. The topological polar surface area (TPSA) is 70.2 Å². The summed E-state index contributed by atoms with van der Waals surface area (Å²) in [6.45, 7) is -0.134. The molecule has 1 heterocycles. The van der Waals surface area contributed by atoms with Crippen LogP contribution in [-0.2, 0) is 13.0 Å². The third kappa shape index (κ3) is 4.15. The van der Waals surface area contributed by atoms with Crippen molar-refractivity contribution >= 4 is 39.9 Å². The van der Waals surface area contributed by atoms with E-state index in [1.807, 2.05) is 0 Å². The first-order chi connectivity index (χ1) is 13.1. The number of rotatable bonds is 5. The number of fused-ring (bicyclic) bond motifs is 1. The molecule has 148 valence electrons. The number of ether oxygens (including phenoxy) is 1. The average molecular weight is 434 g/mol. The maximum absolute atomic E-state index is 13.0. The van der Waals surface area contributed by atoms with Crippen LogP contribution in [0.4, 0.5) is 18.9 Å². The largest absolute Gasteiger partial charge is 0.496 e. The molecule has 0 saturated heterocycles. The van der Waals surface area contributed by atoms with E-state index in [-0.39, 0.29) is 33.6 Å². The number of non-ortho nitro benzene ring substituents is 1. The zero-order chi connectivity index (χ0) is 20.6. The lowest BCUT2D eigenvalue weighted by molar-refractivity contribution is -0.384. The summed E-state index contributed by atoms with van der Waals surface area (Å²) in [4.78, 5) is 14.5. The van der Waals surface area contributed by atoms with Crippen LogP contribution in [0.25, 0.3) is 11.0 Å². The summed E-state index contributed by atoms with van der Waals surface area (Å²) in [6.07, 6.45) is -5.78. The number of nitro benzene ring substituents is 1. The summed E-state index contributed by atoms with van der Waals surface area (Å²) in [5.74, 6) is 0.0276. The van der Waals surface area contributed by atoms with Crippen molar-refractivity contribution in [3.05, 3.63) is 61.9 Å². The molecule has 11 heteroatoms. The van der Waals surface area contributed by atoms with Crippen molar-refractivity contribution in [3.8, 4) is 5.75 Å². The molecule has 2 aromatic carbocycles. The normalized spacial score (nSPS) is 11.8. The number of hydrogen-bond acceptors (Lipinski definition) is 4. The number of aromatic nitrogens is 2. The highest BCUT2D eigenvalue weighted by Crippen LogP contribution is 2.32. The molecule has 3 aromatic rings. The first kappa shape index (κ1) is 20.2. The van der Waals surface area contributed by atoms with E-state index >= 15 is 0 Å². The van der Waals surface area contributed by atoms with Crippen LogP contribution >= 0.6 is 23.2 Å². The number of nitrogens with zero attached hydrogens (tertiary/aromatic N) is 3. The van der Waals surface area contributed by atoms with Crippen molar-refractivity contribution in [2.24, 2.45) is 0 Å². The molecule has 0 spiro atoms. The van der Waals surface area contributed by atoms with Gasteiger partial charge in [0.25, 0.3) is 5.69 Å². The van der Waals surface area contributed by atoms with Gasteiger partial charge in [-0.1, -0.05) is 23.2 Å². The molecule has 0 amide bonds. The summed E-state index contributed by atoms with van der Waals surface area (Å²) in [6, 6.07) is 6.68. The summed E-state index contributed by atoms with van der Waals surface area (Å²) in [5.41, 5.74) is 0.671. The van der Waals surface area contributed by atoms with Gasteiger partial charge in [-0.25, -0.2) is 4.98 Å². The van der Waals surface area contributed by atoms with Crippen LogP contribution in [0.2, 0.25) is 10.0 Å². The quantitative estimate of drug-likeness (QED) is 0.398. The Morgan fingerprint density at radius 1 is 1.21 bits per heavy atom. The number of halogens is 5. The van der Waals surface area contributed by atoms with Crippen LogP contribution in [0, 0.1) is 10.1 Å². The predicted molar refractivity (Wildman–Crippen MR) is 98.3 cm³/mol. The van der Waals surface area contributed by atoms with Gasteiger partial charge in [-0.3, -0.25) is 10.1 Å². The van der Waals surface area contributed by atoms with Crippen molar-refractivity contribution in [3.63, 3.8) is 0 Å². The third-order valence-electron chi connectivity index (χ3n) is 4.03. The minimum Gasteiger partial charge on any atom is -0.496 e. The zero-order valence-corrected chi connectivity index (χ0v) is 15.8. The maximum atomic E-state index is 13.0. The lowest BCUT2D eigenvalue weighted by Gasteiger charge is -2.14. The van der Waals surface area contributed by atoms with E-state index in [0.29, 0.717) is 16.8 Å². The molecule has 0 atom stereocenters. The highest BCUT2D eigenvalue weighted by atomic mass is 35.5. The third-order valence-corrected chi connectivity index (χ3v) is 4.75. The lowest BCUT2D eigenvalue weighted by atomic mass is 10.1. The maximum Gasteiger partial charge on any atom is 0.396 e. The Hall–Kier alpha value is -2.52. The molecule has 6 nitrogen and oxygen atoms in total. The summed E-state index contributed by atoms with van der Waals surface area (Å²) in [5, 5.41) is 11.4. The molecule has 28 heavy (non-hydrogen) atoms. The van der Waals surface area contributed by atoms with Gasteiger partial charge in [0.1, 0.15) is 18.0 Å². The van der Waals surface area contributed by atoms with Crippen LogP contribution in [-0.4, -0.2) is 27.8 Å². The fourth-order valence-electron chi connectivity index (χ4n) is 2.83. The molecular weight excluding hydrogens is 422 g/mol. The summed E-state index contributed by atoms with van der Waals surface area (Å²) in [7, 11) is 1.37. The molecule has 0 N–H and O–H groups in total. The van der Waals surface area contributed by atoms with Crippen LogP contribution in [0.5, 0.6) is 5.75 Å². The van der Waals surface area contributed by atoms with Gasteiger partial charge in [0.15, 0.2) is 0 Å². The average Bonchev–Trinajstić information content (AvgIpc) is 2.90. The van der Waals surface area contributed by atoms with E-state index in [0.717, 1.165) is 0 Å². The predicted octanol–water partition coefficient (Wildman–Crippen LogP) is 5.41. The van der Waals surface area contributed by atoms with Crippen molar-refractivity contribution in [2.75, 3.05) is 7.11 Å². The molecular formula is C17H12Cl2F3N3O3. The van der Waals surface area contributed by atoms with Gasteiger partial charge < -0.3 is 9.30 Å². The Labute approximate surface area is 166 Å². The number of hydrogen-bond donors (Lipinski definition) is 0. The van der Waals surface area contributed by atoms with E-state index in [1.165, 1.54) is 42.0 Å². The second-order valence-corrected chi connectivity index (χ2v) is 6.73. The molecule has 0 radical (unpaired) electrons. The van der Waals surface area contributed by atoms with Gasteiger partial charge in [-0.15, -0.1) is 0 Å². The molecule has 0 aliphatic rings.